The van der Waals surface area contributed by atoms with Crippen LogP contribution >= 0.6 is 12.6 Å². The second-order valence-electron chi connectivity index (χ2n) is 9.89. The van der Waals surface area contributed by atoms with Crippen molar-refractivity contribution in [3.05, 3.63) is 48.6 Å². The van der Waals surface area contributed by atoms with Gasteiger partial charge < -0.3 is 36.4 Å². The topological polar surface area (TPSA) is 208 Å². The number of amides is 2. The zero-order valence-electron chi connectivity index (χ0n) is 24.7. The summed E-state index contributed by atoms with van der Waals surface area (Å²) in [5, 5.41) is 40.7. The number of hydrogen-bond donors (Lipinski definition) is 7. The fourth-order valence-electron chi connectivity index (χ4n) is 3.88. The van der Waals surface area contributed by atoms with Crippen LogP contribution in [-0.4, -0.2) is 91.6 Å². The third-order valence-corrected chi connectivity index (χ3v) is 6.60. The minimum atomic E-state index is -1.37. The minimum absolute atomic E-state index is 0.0378. The monoisotopic (exact) mass is 625 g/mol. The number of rotatable bonds is 24. The van der Waals surface area contributed by atoms with E-state index in [1.165, 1.54) is 18.9 Å². The summed E-state index contributed by atoms with van der Waals surface area (Å²) in [7, 11) is 0. The van der Waals surface area contributed by atoms with Gasteiger partial charge in [0.2, 0.25) is 11.8 Å². The number of allylic oxidation sites excluding steroid dienone is 7. The maximum atomic E-state index is 13.4. The molecule has 2 unspecified atom stereocenters. The Bertz CT molecular complexity index is 997. The highest BCUT2D eigenvalue weighted by Gasteiger charge is 2.34. The van der Waals surface area contributed by atoms with Gasteiger partial charge >= 0.3 is 17.9 Å². The van der Waals surface area contributed by atoms with Gasteiger partial charge in [0.25, 0.3) is 0 Å². The predicted octanol–water partition coefficient (Wildman–Crippen LogP) is 2.69. The number of nitrogens with zero attached hydrogens (tertiary/aromatic N) is 1. The first-order valence-electron chi connectivity index (χ1n) is 14.4. The number of aliphatic hydroxyl groups is 1. The largest absolute Gasteiger partial charge is 0.481 e. The van der Waals surface area contributed by atoms with Crippen LogP contribution in [0.5, 0.6) is 0 Å². The number of aliphatic carboxylic acids is 3. The first kappa shape index (κ1) is 39.6. The normalized spacial score (nSPS) is 14.7. The molecule has 0 aromatic carbocycles. The van der Waals surface area contributed by atoms with Crippen LogP contribution in [0.25, 0.3) is 0 Å². The molecular weight excluding hydrogens is 578 g/mol. The number of nitrogens with two attached hydrogens (primary N) is 1. The standard InChI is InChI=1S/C30H47N3O9S/c1-2-3-4-5-6-7-8-9-10-11-12-13-15-24(25(34)16-14-17-27(36)37)33(20-28(38)39)29(40)23(21-43)32-26(35)19-18-22(31)30(41)42/h6-7,9-13,15,22-25,34,43H,2-5,8,14,16-21,31H2,1H3,(H,32,35)(H,36,37)(H,38,39)(H,41,42)/b7-6-,10-9+,12-11-,15-13+/t22?,23?,24-,25+/m0/s1. The highest BCUT2D eigenvalue weighted by Crippen LogP contribution is 2.16. The Balaban J connectivity index is 5.74. The third-order valence-electron chi connectivity index (χ3n) is 6.24. The molecule has 0 rings (SSSR count). The van der Waals surface area contributed by atoms with E-state index in [0.717, 1.165) is 24.2 Å². The van der Waals surface area contributed by atoms with Gasteiger partial charge in [0.05, 0.1) is 12.1 Å². The summed E-state index contributed by atoms with van der Waals surface area (Å²) in [6, 6.07) is -3.73. The molecule has 2 amide bonds. The molecule has 0 spiro atoms. The SMILES string of the molecule is CCCCC/C=C\C/C=C/C=C\C=C\[C@@H]([C@H](O)CCCC(=O)O)N(CC(=O)O)C(=O)C(CS)NC(=O)CCC(N)C(=O)O. The Kier molecular flexibility index (Phi) is 22.2. The fraction of sp³-hybridized carbons (Fsp3) is 0.567. The molecule has 0 bridgehead atoms. The van der Waals surface area contributed by atoms with E-state index < -0.39 is 60.5 Å². The summed E-state index contributed by atoms with van der Waals surface area (Å²) in [6.45, 7) is 1.34. The van der Waals surface area contributed by atoms with Crippen LogP contribution in [0.1, 0.15) is 71.1 Å². The van der Waals surface area contributed by atoms with Crippen molar-refractivity contribution in [3.8, 4) is 0 Å². The van der Waals surface area contributed by atoms with Gasteiger partial charge in [-0.15, -0.1) is 0 Å². The van der Waals surface area contributed by atoms with Crippen LogP contribution in [0.2, 0.25) is 0 Å². The summed E-state index contributed by atoms with van der Waals surface area (Å²) in [6.07, 6.45) is 17.7. The molecule has 0 aromatic rings. The second-order valence-corrected chi connectivity index (χ2v) is 10.3. The van der Waals surface area contributed by atoms with Crippen LogP contribution in [0, 0.1) is 0 Å². The number of carboxylic acid groups (broad SMARTS) is 3. The van der Waals surface area contributed by atoms with Crippen LogP contribution in [0.15, 0.2) is 48.6 Å². The molecule has 0 fully saturated rings. The lowest BCUT2D eigenvalue weighted by atomic mass is 10.0. The average Bonchev–Trinajstić information content (AvgIpc) is 2.95. The van der Waals surface area contributed by atoms with Crippen molar-refractivity contribution >= 4 is 42.4 Å². The molecule has 43 heavy (non-hydrogen) atoms. The number of carbonyl (C=O) groups excluding carboxylic acids is 2. The lowest BCUT2D eigenvalue weighted by molar-refractivity contribution is -0.148. The summed E-state index contributed by atoms with van der Waals surface area (Å²) in [5.74, 6) is -5.46. The van der Waals surface area contributed by atoms with E-state index in [1.807, 2.05) is 12.2 Å². The van der Waals surface area contributed by atoms with Gasteiger partial charge in [-0.05, 0) is 38.5 Å². The van der Waals surface area contributed by atoms with E-state index in [-0.39, 0.29) is 37.9 Å². The highest BCUT2D eigenvalue weighted by molar-refractivity contribution is 7.80. The molecule has 0 aliphatic heterocycles. The van der Waals surface area contributed by atoms with Crippen LogP contribution in [0.4, 0.5) is 0 Å². The molecule has 0 aliphatic carbocycles. The van der Waals surface area contributed by atoms with E-state index in [2.05, 4.69) is 37.0 Å². The lowest BCUT2D eigenvalue weighted by Crippen LogP contribution is -2.56. The molecule has 242 valence electrons. The molecule has 0 aliphatic rings. The zero-order chi connectivity index (χ0) is 32.6. The molecule has 0 heterocycles. The lowest BCUT2D eigenvalue weighted by Gasteiger charge is -2.34. The zero-order valence-corrected chi connectivity index (χ0v) is 25.6. The van der Waals surface area contributed by atoms with E-state index in [9.17, 15) is 34.2 Å². The first-order valence-corrected chi connectivity index (χ1v) is 15.0. The molecular formula is C30H47N3O9S. The van der Waals surface area contributed by atoms with E-state index in [1.54, 1.807) is 18.2 Å². The van der Waals surface area contributed by atoms with Crippen LogP contribution < -0.4 is 11.1 Å². The number of nitrogens with one attached hydrogen (secondary N) is 1. The van der Waals surface area contributed by atoms with Crippen LogP contribution in [-0.2, 0) is 24.0 Å². The molecule has 0 radical (unpaired) electrons. The first-order chi connectivity index (χ1) is 20.4. The Morgan fingerprint density at radius 3 is 2.19 bits per heavy atom. The van der Waals surface area contributed by atoms with Gasteiger partial charge in [-0.2, -0.15) is 12.6 Å². The van der Waals surface area contributed by atoms with Crippen molar-refractivity contribution in [2.75, 3.05) is 12.3 Å². The van der Waals surface area contributed by atoms with Gasteiger partial charge in [-0.3, -0.25) is 24.0 Å². The molecule has 12 nitrogen and oxygen atoms in total. The Labute approximate surface area is 258 Å². The van der Waals surface area contributed by atoms with E-state index in [0.29, 0.717) is 0 Å². The third kappa shape index (κ3) is 19.4. The average molecular weight is 626 g/mol. The number of hydrogen-bond acceptors (Lipinski definition) is 8. The van der Waals surface area contributed by atoms with Crippen molar-refractivity contribution in [3.63, 3.8) is 0 Å². The summed E-state index contributed by atoms with van der Waals surface area (Å²) < 4.78 is 0. The van der Waals surface area contributed by atoms with Crippen molar-refractivity contribution < 1.29 is 44.4 Å². The molecule has 4 atom stereocenters. The quantitative estimate of drug-likeness (QED) is 0.0361. The number of carbonyl (C=O) groups is 5. The number of aliphatic hydroxyl groups excluding tert-OH is 1. The molecule has 0 saturated carbocycles. The summed E-state index contributed by atoms with van der Waals surface area (Å²) in [5.41, 5.74) is 5.42. The number of carboxylic acids is 3. The molecule has 0 aromatic heterocycles. The van der Waals surface area contributed by atoms with E-state index >= 15 is 0 Å². The van der Waals surface area contributed by atoms with Gasteiger partial charge in [-0.25, -0.2) is 0 Å². The van der Waals surface area contributed by atoms with Gasteiger partial charge in [0, 0.05) is 18.6 Å². The molecule has 13 heteroatoms. The van der Waals surface area contributed by atoms with Crippen LogP contribution in [0.3, 0.4) is 0 Å². The predicted molar refractivity (Wildman–Crippen MR) is 167 cm³/mol. The van der Waals surface area contributed by atoms with Gasteiger partial charge in [-0.1, -0.05) is 68.4 Å². The Morgan fingerprint density at radius 1 is 0.884 bits per heavy atom. The smallest absolute Gasteiger partial charge is 0.323 e. The van der Waals surface area contributed by atoms with Gasteiger partial charge in [0.1, 0.15) is 18.6 Å². The molecule has 7 N–H and O–H groups in total. The van der Waals surface area contributed by atoms with Crippen molar-refractivity contribution in [1.29, 1.82) is 0 Å². The number of thiol groups is 1. The van der Waals surface area contributed by atoms with Crippen molar-refractivity contribution in [2.45, 2.75) is 95.4 Å². The fourth-order valence-corrected chi connectivity index (χ4v) is 4.13. The van der Waals surface area contributed by atoms with Crippen molar-refractivity contribution in [1.82, 2.24) is 10.2 Å². The van der Waals surface area contributed by atoms with E-state index in [4.69, 9.17) is 15.9 Å². The Morgan fingerprint density at radius 2 is 1.58 bits per heavy atom. The van der Waals surface area contributed by atoms with Crippen molar-refractivity contribution in [2.24, 2.45) is 5.73 Å². The minimum Gasteiger partial charge on any atom is -0.481 e. The second kappa shape index (κ2) is 24.1. The molecule has 0 saturated heterocycles. The highest BCUT2D eigenvalue weighted by atomic mass is 32.1. The van der Waals surface area contributed by atoms with Gasteiger partial charge in [0.15, 0.2) is 0 Å². The maximum Gasteiger partial charge on any atom is 0.323 e. The number of unbranched alkanes of at least 4 members (excludes halogenated alkanes) is 3. The summed E-state index contributed by atoms with van der Waals surface area (Å²) >= 11 is 4.11. The Hall–Kier alpha value is -3.42. The summed E-state index contributed by atoms with van der Waals surface area (Å²) in [4.78, 5) is 60.3. The maximum absolute atomic E-state index is 13.4.